The number of allylic oxidation sites excluding steroid dienone is 1. The molecule has 1 atom stereocenters. The van der Waals surface area contributed by atoms with Crippen LogP contribution < -0.4 is 0 Å². The molecule has 0 amide bonds. The molecule has 180 valence electrons. The summed E-state index contributed by atoms with van der Waals surface area (Å²) in [6.45, 7) is 0. The van der Waals surface area contributed by atoms with Gasteiger partial charge in [-0.15, -0.1) is 0 Å². The van der Waals surface area contributed by atoms with Crippen LogP contribution in [0.1, 0.15) is 47.4 Å². The summed E-state index contributed by atoms with van der Waals surface area (Å²) in [5, 5.41) is 3.02. The number of hydrogen-bond donors (Lipinski definition) is 0. The van der Waals surface area contributed by atoms with Crippen molar-refractivity contribution in [1.82, 2.24) is 0 Å². The summed E-state index contributed by atoms with van der Waals surface area (Å²) in [4.78, 5) is 0. The smallest absolute Gasteiger partial charge is 0.0406 e. The van der Waals surface area contributed by atoms with E-state index in [1.54, 1.807) is 0 Å². The molecular weight excluding hydrogens is 526 g/mol. The van der Waals surface area contributed by atoms with Crippen molar-refractivity contribution >= 4 is 52.0 Å². The van der Waals surface area contributed by atoms with Gasteiger partial charge in [-0.2, -0.15) is 0 Å². The Labute approximate surface area is 232 Å². The minimum atomic E-state index is 0.182. The van der Waals surface area contributed by atoms with Crippen molar-refractivity contribution < 1.29 is 0 Å². The topological polar surface area (TPSA) is 0 Å². The molecule has 2 fully saturated rings. The first-order valence-corrected chi connectivity index (χ1v) is 13.7. The van der Waals surface area contributed by atoms with E-state index in [-0.39, 0.29) is 11.3 Å². The molecular formula is C32H24Cl4. The lowest BCUT2D eigenvalue weighted by Crippen LogP contribution is -2.18. The molecule has 2 aliphatic carbocycles. The van der Waals surface area contributed by atoms with Gasteiger partial charge in [0.15, 0.2) is 0 Å². The SMILES string of the molecule is Clc1ccc(C(=C2CC2C2(C(c3ccc(Cl)cc3)c3ccc(Cl)cc3)CC2)c2ccc(Cl)cc2)cc1. The summed E-state index contributed by atoms with van der Waals surface area (Å²) in [5.41, 5.74) is 8.03. The molecule has 0 nitrogen and oxygen atoms in total. The fourth-order valence-electron chi connectivity index (χ4n) is 5.91. The van der Waals surface area contributed by atoms with Crippen LogP contribution in [0.4, 0.5) is 0 Å². The van der Waals surface area contributed by atoms with Gasteiger partial charge in [-0.05, 0) is 107 Å². The highest BCUT2D eigenvalue weighted by molar-refractivity contribution is 6.31. The number of hydrogen-bond acceptors (Lipinski definition) is 0. The first kappa shape index (κ1) is 24.1. The molecule has 0 spiro atoms. The summed E-state index contributed by atoms with van der Waals surface area (Å²) in [6.07, 6.45) is 3.50. The monoisotopic (exact) mass is 548 g/mol. The first-order valence-electron chi connectivity index (χ1n) is 12.2. The van der Waals surface area contributed by atoms with Crippen LogP contribution in [-0.2, 0) is 0 Å². The van der Waals surface area contributed by atoms with E-state index < -0.39 is 0 Å². The summed E-state index contributed by atoms with van der Waals surface area (Å²) in [7, 11) is 0. The van der Waals surface area contributed by atoms with E-state index in [4.69, 9.17) is 46.4 Å². The van der Waals surface area contributed by atoms with Crippen LogP contribution in [0, 0.1) is 11.3 Å². The molecule has 0 radical (unpaired) electrons. The van der Waals surface area contributed by atoms with Gasteiger partial charge >= 0.3 is 0 Å². The van der Waals surface area contributed by atoms with Crippen LogP contribution in [0.25, 0.3) is 5.57 Å². The van der Waals surface area contributed by atoms with Gasteiger partial charge in [-0.3, -0.25) is 0 Å². The third-order valence-corrected chi connectivity index (χ3v) is 8.78. The molecule has 0 aliphatic heterocycles. The Kier molecular flexibility index (Phi) is 6.42. The van der Waals surface area contributed by atoms with Crippen LogP contribution in [0.3, 0.4) is 0 Å². The average molecular weight is 550 g/mol. The molecule has 1 unspecified atom stereocenters. The maximum Gasteiger partial charge on any atom is 0.0406 e. The molecule has 0 N–H and O–H groups in total. The van der Waals surface area contributed by atoms with Crippen LogP contribution in [-0.4, -0.2) is 0 Å². The Hall–Kier alpha value is -2.22. The van der Waals surface area contributed by atoms with Gasteiger partial charge in [0.2, 0.25) is 0 Å². The van der Waals surface area contributed by atoms with E-state index in [1.165, 1.54) is 46.2 Å². The molecule has 2 aliphatic rings. The Morgan fingerprint density at radius 1 is 0.556 bits per heavy atom. The number of benzene rings is 4. The first-order chi connectivity index (χ1) is 17.4. The minimum Gasteiger partial charge on any atom is -0.0843 e. The van der Waals surface area contributed by atoms with Gasteiger partial charge < -0.3 is 0 Å². The highest BCUT2D eigenvalue weighted by atomic mass is 35.5. The molecule has 0 bridgehead atoms. The molecule has 36 heavy (non-hydrogen) atoms. The third kappa shape index (κ3) is 4.61. The van der Waals surface area contributed by atoms with Crippen LogP contribution in [0.15, 0.2) is 103 Å². The van der Waals surface area contributed by atoms with Crippen LogP contribution >= 0.6 is 46.4 Å². The van der Waals surface area contributed by atoms with E-state index in [2.05, 4.69) is 48.5 Å². The summed E-state index contributed by atoms with van der Waals surface area (Å²) in [6, 6.07) is 33.2. The maximum atomic E-state index is 6.27. The maximum absolute atomic E-state index is 6.27. The van der Waals surface area contributed by atoms with Crippen molar-refractivity contribution in [2.75, 3.05) is 0 Å². The Morgan fingerprint density at radius 2 is 0.917 bits per heavy atom. The van der Waals surface area contributed by atoms with Crippen molar-refractivity contribution in [3.8, 4) is 0 Å². The second-order valence-electron chi connectivity index (χ2n) is 9.94. The van der Waals surface area contributed by atoms with Crippen molar-refractivity contribution in [3.05, 3.63) is 145 Å². The zero-order valence-corrected chi connectivity index (χ0v) is 22.5. The fourth-order valence-corrected chi connectivity index (χ4v) is 6.41. The van der Waals surface area contributed by atoms with Gasteiger partial charge in [0, 0.05) is 26.0 Å². The van der Waals surface area contributed by atoms with Crippen molar-refractivity contribution in [2.45, 2.75) is 25.2 Å². The zero-order valence-electron chi connectivity index (χ0n) is 19.5. The van der Waals surface area contributed by atoms with Crippen molar-refractivity contribution in [1.29, 1.82) is 0 Å². The number of rotatable bonds is 6. The number of halogens is 4. The highest BCUT2D eigenvalue weighted by Gasteiger charge is 2.61. The second kappa shape index (κ2) is 9.58. The second-order valence-corrected chi connectivity index (χ2v) is 11.7. The van der Waals surface area contributed by atoms with E-state index in [1.807, 2.05) is 48.5 Å². The molecule has 4 aromatic carbocycles. The predicted molar refractivity (Wildman–Crippen MR) is 153 cm³/mol. The van der Waals surface area contributed by atoms with Gasteiger partial charge in [0.05, 0.1) is 0 Å². The summed E-state index contributed by atoms with van der Waals surface area (Å²) in [5.74, 6) is 0.793. The van der Waals surface area contributed by atoms with E-state index in [0.29, 0.717) is 5.92 Å². The molecule has 6 rings (SSSR count). The van der Waals surface area contributed by atoms with E-state index in [0.717, 1.165) is 26.5 Å². The zero-order chi connectivity index (χ0) is 24.9. The van der Waals surface area contributed by atoms with E-state index >= 15 is 0 Å². The lowest BCUT2D eigenvalue weighted by Gasteiger charge is -2.29. The van der Waals surface area contributed by atoms with Crippen molar-refractivity contribution in [3.63, 3.8) is 0 Å². The van der Waals surface area contributed by atoms with Gasteiger partial charge in [-0.1, -0.05) is 101 Å². The minimum absolute atomic E-state index is 0.182. The fraction of sp³-hybridized carbons (Fsp3) is 0.188. The predicted octanol–water partition coefficient (Wildman–Crippen LogP) is 10.7. The highest BCUT2D eigenvalue weighted by Crippen LogP contribution is 2.72. The van der Waals surface area contributed by atoms with E-state index in [9.17, 15) is 0 Å². The Bertz CT molecular complexity index is 1320. The Balaban J connectivity index is 1.46. The lowest BCUT2D eigenvalue weighted by molar-refractivity contribution is 0.398. The lowest BCUT2D eigenvalue weighted by atomic mass is 9.75. The molecule has 4 heteroatoms. The molecule has 0 heterocycles. The molecule has 0 saturated heterocycles. The molecule has 0 aromatic heterocycles. The van der Waals surface area contributed by atoms with Crippen LogP contribution in [0.5, 0.6) is 0 Å². The quantitative estimate of drug-likeness (QED) is 0.224. The largest absolute Gasteiger partial charge is 0.0843 e. The summed E-state index contributed by atoms with van der Waals surface area (Å²) >= 11 is 25.0. The van der Waals surface area contributed by atoms with Gasteiger partial charge in [0.1, 0.15) is 0 Å². The third-order valence-electron chi connectivity index (χ3n) is 7.77. The molecule has 2 saturated carbocycles. The summed E-state index contributed by atoms with van der Waals surface area (Å²) < 4.78 is 0. The molecule has 4 aromatic rings. The van der Waals surface area contributed by atoms with Crippen LogP contribution in [0.2, 0.25) is 20.1 Å². The standard InChI is InChI=1S/C32H24Cl4/c33-24-9-1-20(2-10-24)30(21-3-11-25(34)12-4-21)28-19-29(28)32(17-18-32)31(22-5-13-26(35)14-6-22)23-7-15-27(36)16-8-23/h1-16,29,31H,17-19H2. The van der Waals surface area contributed by atoms with Crippen molar-refractivity contribution in [2.24, 2.45) is 11.3 Å². The van der Waals surface area contributed by atoms with Gasteiger partial charge in [0.25, 0.3) is 0 Å². The van der Waals surface area contributed by atoms with Gasteiger partial charge in [-0.25, -0.2) is 0 Å². The average Bonchev–Trinajstić information content (AvgIpc) is 3.80. The Morgan fingerprint density at radius 3 is 1.28 bits per heavy atom. The normalized spacial score (nSPS) is 17.8.